The van der Waals surface area contributed by atoms with E-state index < -0.39 is 0 Å². The first-order valence-corrected chi connectivity index (χ1v) is 6.51. The summed E-state index contributed by atoms with van der Waals surface area (Å²) >= 11 is 9.50. The molecule has 1 heterocycles. The van der Waals surface area contributed by atoms with Crippen molar-refractivity contribution in [3.63, 3.8) is 0 Å². The number of likely N-dealkylation sites (N-methyl/N-ethyl adjacent to an activating group) is 1. The topological polar surface area (TPSA) is 25.2 Å². The fourth-order valence-electron chi connectivity index (χ4n) is 1.76. The molecule has 0 bridgehead atoms. The molecule has 1 aromatic carbocycles. The van der Waals surface area contributed by atoms with Crippen LogP contribution >= 0.6 is 27.5 Å². The summed E-state index contributed by atoms with van der Waals surface area (Å²) in [4.78, 5) is 0. The number of nitrogens with one attached hydrogen (secondary N) is 1. The molecule has 0 saturated carbocycles. The van der Waals surface area contributed by atoms with Crippen molar-refractivity contribution < 1.29 is 4.42 Å². The summed E-state index contributed by atoms with van der Waals surface area (Å²) in [6.07, 6.45) is 4.34. The molecule has 2 rings (SSSR count). The number of hydrogen-bond acceptors (Lipinski definition) is 2. The molecule has 4 heteroatoms. The van der Waals surface area contributed by atoms with Gasteiger partial charge < -0.3 is 9.73 Å². The lowest BCUT2D eigenvalue weighted by Crippen LogP contribution is -2.18. The summed E-state index contributed by atoms with van der Waals surface area (Å²) in [5, 5.41) is 4.02. The first-order chi connectivity index (χ1) is 8.20. The molecule has 0 aliphatic carbocycles. The van der Waals surface area contributed by atoms with Crippen LogP contribution in [0.4, 0.5) is 0 Å². The quantitative estimate of drug-likeness (QED) is 0.915. The molecule has 0 radical (unpaired) electrons. The van der Waals surface area contributed by atoms with Crippen LogP contribution in [0.1, 0.15) is 17.2 Å². The molecule has 1 atom stereocenters. The fourth-order valence-corrected chi connectivity index (χ4v) is 2.20. The molecule has 0 saturated heterocycles. The van der Waals surface area contributed by atoms with Gasteiger partial charge in [0.15, 0.2) is 0 Å². The van der Waals surface area contributed by atoms with E-state index in [0.29, 0.717) is 0 Å². The first-order valence-electron chi connectivity index (χ1n) is 5.34. The predicted molar refractivity (Wildman–Crippen MR) is 73.4 cm³/mol. The number of halogens is 2. The van der Waals surface area contributed by atoms with Crippen molar-refractivity contribution in [3.8, 4) is 0 Å². The second-order valence-electron chi connectivity index (χ2n) is 3.85. The molecule has 0 aliphatic heterocycles. The predicted octanol–water partition coefficient (Wildman–Crippen LogP) is 4.20. The van der Waals surface area contributed by atoms with E-state index in [1.54, 1.807) is 12.5 Å². The van der Waals surface area contributed by atoms with Gasteiger partial charge in [-0.15, -0.1) is 0 Å². The minimum absolute atomic E-state index is 0.234. The SMILES string of the molecule is CNC(Cc1ccoc1)c1ccc(Br)c(Cl)c1. The summed E-state index contributed by atoms with van der Waals surface area (Å²) in [7, 11) is 1.95. The van der Waals surface area contributed by atoms with Crippen LogP contribution in [0.15, 0.2) is 45.7 Å². The van der Waals surface area contributed by atoms with E-state index in [2.05, 4.69) is 27.3 Å². The second-order valence-corrected chi connectivity index (χ2v) is 5.11. The minimum Gasteiger partial charge on any atom is -0.472 e. The van der Waals surface area contributed by atoms with Gasteiger partial charge in [-0.2, -0.15) is 0 Å². The standard InChI is InChI=1S/C13H13BrClNO/c1-16-13(6-9-4-5-17-8-9)10-2-3-11(14)12(15)7-10/h2-5,7-8,13,16H,6H2,1H3. The van der Waals surface area contributed by atoms with Gasteiger partial charge in [0.2, 0.25) is 0 Å². The Morgan fingerprint density at radius 2 is 2.24 bits per heavy atom. The zero-order valence-electron chi connectivity index (χ0n) is 9.41. The molecular weight excluding hydrogens is 302 g/mol. The van der Waals surface area contributed by atoms with Crippen LogP contribution in [0, 0.1) is 0 Å². The Morgan fingerprint density at radius 3 is 2.82 bits per heavy atom. The van der Waals surface area contributed by atoms with Crippen molar-refractivity contribution in [1.29, 1.82) is 0 Å². The highest BCUT2D eigenvalue weighted by molar-refractivity contribution is 9.10. The van der Waals surface area contributed by atoms with E-state index >= 15 is 0 Å². The third-order valence-electron chi connectivity index (χ3n) is 2.71. The van der Waals surface area contributed by atoms with E-state index in [1.165, 1.54) is 11.1 Å². The Labute approximate surface area is 114 Å². The lowest BCUT2D eigenvalue weighted by molar-refractivity contribution is 0.551. The van der Waals surface area contributed by atoms with Crippen LogP contribution in [-0.2, 0) is 6.42 Å². The van der Waals surface area contributed by atoms with E-state index in [9.17, 15) is 0 Å². The molecule has 90 valence electrons. The largest absolute Gasteiger partial charge is 0.472 e. The van der Waals surface area contributed by atoms with Crippen LogP contribution in [-0.4, -0.2) is 7.05 Å². The Hall–Kier alpha value is -0.770. The zero-order chi connectivity index (χ0) is 12.3. The first kappa shape index (κ1) is 12.7. The van der Waals surface area contributed by atoms with Gasteiger partial charge in [-0.3, -0.25) is 0 Å². The number of benzene rings is 1. The van der Waals surface area contributed by atoms with Crippen LogP contribution in [0.5, 0.6) is 0 Å². The molecule has 1 aromatic heterocycles. The molecule has 1 N–H and O–H groups in total. The van der Waals surface area contributed by atoms with Crippen LogP contribution in [0.3, 0.4) is 0 Å². The van der Waals surface area contributed by atoms with Crippen LogP contribution in [0.2, 0.25) is 5.02 Å². The highest BCUT2D eigenvalue weighted by Gasteiger charge is 2.12. The van der Waals surface area contributed by atoms with Crippen molar-refractivity contribution in [1.82, 2.24) is 5.32 Å². The molecule has 0 fully saturated rings. The highest BCUT2D eigenvalue weighted by Crippen LogP contribution is 2.27. The van der Waals surface area contributed by atoms with Gasteiger partial charge in [0.25, 0.3) is 0 Å². The van der Waals surface area contributed by atoms with E-state index in [4.69, 9.17) is 16.0 Å². The number of rotatable bonds is 4. The van der Waals surface area contributed by atoms with Gasteiger partial charge in [-0.25, -0.2) is 0 Å². The van der Waals surface area contributed by atoms with Gasteiger partial charge in [0.1, 0.15) is 0 Å². The number of furan rings is 1. The molecule has 1 unspecified atom stereocenters. The molecule has 2 aromatic rings. The molecular formula is C13H13BrClNO. The van der Waals surface area contributed by atoms with Crippen LogP contribution in [0.25, 0.3) is 0 Å². The average Bonchev–Trinajstić information content (AvgIpc) is 2.82. The third-order valence-corrected chi connectivity index (χ3v) is 3.95. The number of hydrogen-bond donors (Lipinski definition) is 1. The summed E-state index contributed by atoms with van der Waals surface area (Å²) in [6, 6.07) is 8.23. The highest BCUT2D eigenvalue weighted by atomic mass is 79.9. The van der Waals surface area contributed by atoms with Gasteiger partial charge in [0.05, 0.1) is 17.5 Å². The molecule has 0 amide bonds. The molecule has 0 spiro atoms. The lowest BCUT2D eigenvalue weighted by Gasteiger charge is -2.16. The summed E-state index contributed by atoms with van der Waals surface area (Å²) in [5.41, 5.74) is 2.34. The van der Waals surface area contributed by atoms with Gasteiger partial charge in [-0.05, 0) is 58.7 Å². The summed E-state index contributed by atoms with van der Waals surface area (Å²) in [6.45, 7) is 0. The van der Waals surface area contributed by atoms with Crippen molar-refractivity contribution in [3.05, 3.63) is 57.4 Å². The molecule has 17 heavy (non-hydrogen) atoms. The maximum Gasteiger partial charge on any atom is 0.0935 e. The molecule has 2 nitrogen and oxygen atoms in total. The van der Waals surface area contributed by atoms with Crippen molar-refractivity contribution in [2.75, 3.05) is 7.05 Å². The summed E-state index contributed by atoms with van der Waals surface area (Å²) < 4.78 is 5.99. The Balaban J connectivity index is 2.20. The Morgan fingerprint density at radius 1 is 1.41 bits per heavy atom. The lowest BCUT2D eigenvalue weighted by atomic mass is 10.0. The minimum atomic E-state index is 0.234. The van der Waals surface area contributed by atoms with E-state index in [-0.39, 0.29) is 6.04 Å². The van der Waals surface area contributed by atoms with Gasteiger partial charge >= 0.3 is 0 Å². The summed E-state index contributed by atoms with van der Waals surface area (Å²) in [5.74, 6) is 0. The normalized spacial score (nSPS) is 12.6. The Kier molecular flexibility index (Phi) is 4.26. The maximum absolute atomic E-state index is 6.10. The third kappa shape index (κ3) is 3.12. The van der Waals surface area contributed by atoms with Crippen LogP contribution < -0.4 is 5.32 Å². The van der Waals surface area contributed by atoms with Crippen molar-refractivity contribution >= 4 is 27.5 Å². The van der Waals surface area contributed by atoms with E-state index in [0.717, 1.165) is 15.9 Å². The zero-order valence-corrected chi connectivity index (χ0v) is 11.8. The van der Waals surface area contributed by atoms with Crippen molar-refractivity contribution in [2.24, 2.45) is 0 Å². The second kappa shape index (κ2) is 5.71. The van der Waals surface area contributed by atoms with Crippen molar-refractivity contribution in [2.45, 2.75) is 12.5 Å². The average molecular weight is 315 g/mol. The fraction of sp³-hybridized carbons (Fsp3) is 0.231. The van der Waals surface area contributed by atoms with Gasteiger partial charge in [0, 0.05) is 10.5 Å². The van der Waals surface area contributed by atoms with E-state index in [1.807, 2.05) is 25.2 Å². The monoisotopic (exact) mass is 313 g/mol. The van der Waals surface area contributed by atoms with Gasteiger partial charge in [-0.1, -0.05) is 17.7 Å². The maximum atomic E-state index is 6.10. The smallest absolute Gasteiger partial charge is 0.0935 e. The Bertz CT molecular complexity index is 484. The molecule has 0 aliphatic rings.